The topological polar surface area (TPSA) is 72.2 Å². The molecule has 1 atom stereocenters. The van der Waals surface area contributed by atoms with Crippen LogP contribution in [0.3, 0.4) is 0 Å². The number of sulfone groups is 1. The fraction of sp³-hybridized carbons (Fsp3) is 0.625. The summed E-state index contributed by atoms with van der Waals surface area (Å²) in [5.74, 6) is 0. The van der Waals surface area contributed by atoms with E-state index in [1.807, 2.05) is 6.92 Å². The zero-order valence-corrected chi connectivity index (χ0v) is 9.03. The monoisotopic (exact) mass is 218 g/mol. The average Bonchev–Trinajstić information content (AvgIpc) is 2.51. The van der Waals surface area contributed by atoms with Crippen molar-refractivity contribution in [3.05, 3.63) is 12.4 Å². The van der Waals surface area contributed by atoms with Crippen molar-refractivity contribution in [2.75, 3.05) is 6.26 Å². The fourth-order valence-corrected chi connectivity index (χ4v) is 1.53. The van der Waals surface area contributed by atoms with Crippen LogP contribution in [0.2, 0.25) is 0 Å². The van der Waals surface area contributed by atoms with Gasteiger partial charge in [-0.05, 0) is 6.42 Å². The van der Waals surface area contributed by atoms with Crippen molar-refractivity contribution in [1.82, 2.24) is 9.78 Å². The Bertz CT molecular complexity index is 396. The molecule has 0 saturated heterocycles. The summed E-state index contributed by atoms with van der Waals surface area (Å²) in [6.45, 7) is 2.18. The van der Waals surface area contributed by atoms with E-state index >= 15 is 0 Å². The number of hydrogen-bond acceptors (Lipinski definition) is 4. The molecule has 1 rings (SSSR count). The van der Waals surface area contributed by atoms with E-state index in [1.54, 1.807) is 0 Å². The molecule has 6 heteroatoms. The molecular weight excluding hydrogens is 204 g/mol. The summed E-state index contributed by atoms with van der Waals surface area (Å²) >= 11 is 0. The van der Waals surface area contributed by atoms with Gasteiger partial charge in [-0.2, -0.15) is 5.10 Å². The Balaban J connectivity index is 2.79. The number of aliphatic hydroxyl groups excluding tert-OH is 1. The number of nitrogens with zero attached hydrogens (tertiary/aromatic N) is 2. The van der Waals surface area contributed by atoms with Crippen LogP contribution in [-0.2, 0) is 16.4 Å². The summed E-state index contributed by atoms with van der Waals surface area (Å²) in [5.41, 5.74) is 0. The summed E-state index contributed by atoms with van der Waals surface area (Å²) in [7, 11) is -3.19. The Hall–Kier alpha value is -0.880. The molecule has 0 bridgehead atoms. The van der Waals surface area contributed by atoms with E-state index in [4.69, 9.17) is 0 Å². The smallest absolute Gasteiger partial charge is 0.178 e. The van der Waals surface area contributed by atoms with Crippen LogP contribution in [-0.4, -0.2) is 35.7 Å². The molecule has 0 radical (unpaired) electrons. The summed E-state index contributed by atoms with van der Waals surface area (Å²) in [4.78, 5) is 0.181. The van der Waals surface area contributed by atoms with Crippen LogP contribution < -0.4 is 0 Å². The highest BCUT2D eigenvalue weighted by atomic mass is 32.2. The van der Waals surface area contributed by atoms with Gasteiger partial charge in [0.25, 0.3) is 0 Å². The van der Waals surface area contributed by atoms with E-state index in [9.17, 15) is 13.5 Å². The molecule has 0 aromatic carbocycles. The van der Waals surface area contributed by atoms with E-state index in [-0.39, 0.29) is 4.90 Å². The van der Waals surface area contributed by atoms with Gasteiger partial charge < -0.3 is 5.11 Å². The molecule has 1 aromatic rings. The van der Waals surface area contributed by atoms with Gasteiger partial charge in [0.05, 0.1) is 18.8 Å². The van der Waals surface area contributed by atoms with Gasteiger partial charge in [-0.1, -0.05) is 6.92 Å². The summed E-state index contributed by atoms with van der Waals surface area (Å²) < 4.78 is 23.6. The Kier molecular flexibility index (Phi) is 3.28. The molecule has 0 saturated carbocycles. The first kappa shape index (κ1) is 11.2. The van der Waals surface area contributed by atoms with Crippen molar-refractivity contribution < 1.29 is 13.5 Å². The van der Waals surface area contributed by atoms with Crippen LogP contribution in [0.4, 0.5) is 0 Å². The van der Waals surface area contributed by atoms with Gasteiger partial charge in [-0.25, -0.2) is 8.42 Å². The van der Waals surface area contributed by atoms with Gasteiger partial charge >= 0.3 is 0 Å². The molecule has 1 heterocycles. The lowest BCUT2D eigenvalue weighted by atomic mass is 10.3. The molecule has 0 amide bonds. The van der Waals surface area contributed by atoms with E-state index in [0.29, 0.717) is 13.0 Å². The van der Waals surface area contributed by atoms with Crippen LogP contribution in [0.1, 0.15) is 13.3 Å². The maximum Gasteiger partial charge on any atom is 0.178 e. The van der Waals surface area contributed by atoms with Crippen LogP contribution in [0, 0.1) is 0 Å². The molecule has 0 spiro atoms. The molecule has 14 heavy (non-hydrogen) atoms. The highest BCUT2D eigenvalue weighted by molar-refractivity contribution is 7.90. The van der Waals surface area contributed by atoms with E-state index in [2.05, 4.69) is 5.10 Å². The second-order valence-corrected chi connectivity index (χ2v) is 5.25. The van der Waals surface area contributed by atoms with Crippen molar-refractivity contribution >= 4 is 9.84 Å². The first-order valence-corrected chi connectivity index (χ1v) is 6.23. The fourth-order valence-electron chi connectivity index (χ4n) is 0.981. The molecule has 1 unspecified atom stereocenters. The summed E-state index contributed by atoms with van der Waals surface area (Å²) in [6.07, 6.45) is 3.98. The van der Waals surface area contributed by atoms with Crippen LogP contribution >= 0.6 is 0 Å². The van der Waals surface area contributed by atoms with Crippen molar-refractivity contribution in [3.63, 3.8) is 0 Å². The Morgan fingerprint density at radius 3 is 2.71 bits per heavy atom. The van der Waals surface area contributed by atoms with E-state index in [0.717, 1.165) is 6.26 Å². The van der Waals surface area contributed by atoms with Crippen molar-refractivity contribution in [2.45, 2.75) is 30.9 Å². The Labute approximate surface area is 83.3 Å². The predicted molar refractivity (Wildman–Crippen MR) is 51.6 cm³/mol. The van der Waals surface area contributed by atoms with Crippen molar-refractivity contribution in [2.24, 2.45) is 0 Å². The third-order valence-electron chi connectivity index (χ3n) is 1.91. The van der Waals surface area contributed by atoms with Gasteiger partial charge in [0.15, 0.2) is 9.84 Å². The highest BCUT2D eigenvalue weighted by Gasteiger charge is 2.11. The van der Waals surface area contributed by atoms with Crippen LogP contribution in [0.15, 0.2) is 17.3 Å². The second kappa shape index (κ2) is 4.10. The minimum absolute atomic E-state index is 0.181. The van der Waals surface area contributed by atoms with Gasteiger partial charge in [-0.15, -0.1) is 0 Å². The summed E-state index contributed by atoms with van der Waals surface area (Å²) in [5, 5.41) is 13.2. The number of aromatic nitrogens is 2. The highest BCUT2D eigenvalue weighted by Crippen LogP contribution is 2.07. The average molecular weight is 218 g/mol. The number of aliphatic hydroxyl groups is 1. The van der Waals surface area contributed by atoms with Gasteiger partial charge in [0.2, 0.25) is 0 Å². The molecule has 1 aromatic heterocycles. The van der Waals surface area contributed by atoms with Gasteiger partial charge in [0.1, 0.15) is 4.90 Å². The molecule has 1 N–H and O–H groups in total. The first-order chi connectivity index (χ1) is 6.43. The quantitative estimate of drug-likeness (QED) is 0.775. The third-order valence-corrected chi connectivity index (χ3v) is 2.97. The van der Waals surface area contributed by atoms with E-state index < -0.39 is 15.9 Å². The second-order valence-electron chi connectivity index (χ2n) is 3.23. The van der Waals surface area contributed by atoms with Crippen LogP contribution in [0.25, 0.3) is 0 Å². The Morgan fingerprint density at radius 1 is 1.64 bits per heavy atom. The Morgan fingerprint density at radius 2 is 2.29 bits per heavy atom. The van der Waals surface area contributed by atoms with Gasteiger partial charge in [-0.3, -0.25) is 4.68 Å². The first-order valence-electron chi connectivity index (χ1n) is 4.34. The maximum absolute atomic E-state index is 11.1. The zero-order valence-electron chi connectivity index (χ0n) is 8.21. The molecule has 0 fully saturated rings. The summed E-state index contributed by atoms with van der Waals surface area (Å²) in [6, 6.07) is 0. The lowest BCUT2D eigenvalue weighted by Gasteiger charge is -2.06. The minimum atomic E-state index is -3.19. The maximum atomic E-state index is 11.1. The SMILES string of the molecule is CCC(O)Cn1cc(S(C)(=O)=O)cn1. The molecule has 0 aliphatic carbocycles. The minimum Gasteiger partial charge on any atom is -0.391 e. The standard InChI is InChI=1S/C8H14N2O3S/c1-3-7(11)5-10-6-8(4-9-10)14(2,12)13/h4,6-7,11H,3,5H2,1-2H3. The molecule has 5 nitrogen and oxygen atoms in total. The lowest BCUT2D eigenvalue weighted by Crippen LogP contribution is -2.14. The lowest BCUT2D eigenvalue weighted by molar-refractivity contribution is 0.145. The molecular formula is C8H14N2O3S. The molecule has 0 aliphatic heterocycles. The largest absolute Gasteiger partial charge is 0.391 e. The normalized spacial score (nSPS) is 14.2. The number of rotatable bonds is 4. The third kappa shape index (κ3) is 2.81. The predicted octanol–water partition coefficient (Wildman–Crippen LogP) is 0.0575. The molecule has 80 valence electrons. The van der Waals surface area contributed by atoms with Crippen LogP contribution in [0.5, 0.6) is 0 Å². The number of hydrogen-bond donors (Lipinski definition) is 1. The van der Waals surface area contributed by atoms with Crippen molar-refractivity contribution in [1.29, 1.82) is 0 Å². The zero-order chi connectivity index (χ0) is 10.8. The van der Waals surface area contributed by atoms with Gasteiger partial charge in [0, 0.05) is 12.5 Å². The van der Waals surface area contributed by atoms with E-state index in [1.165, 1.54) is 17.1 Å². The molecule has 0 aliphatic rings. The van der Waals surface area contributed by atoms with Crippen molar-refractivity contribution in [3.8, 4) is 0 Å².